The van der Waals surface area contributed by atoms with Crippen LogP contribution in [0.5, 0.6) is 11.5 Å². The molecule has 0 spiro atoms. The first-order chi connectivity index (χ1) is 13.3. The fraction of sp³-hybridized carbons (Fsp3) is 0.300. The summed E-state index contributed by atoms with van der Waals surface area (Å²) < 4.78 is 11.0. The molecule has 0 bridgehead atoms. The second kappa shape index (κ2) is 10.1. The zero-order valence-electron chi connectivity index (χ0n) is 16.3. The van der Waals surface area contributed by atoms with Gasteiger partial charge in [0.05, 0.1) is 17.3 Å². The highest BCUT2D eigenvalue weighted by atomic mass is 35.5. The quantitative estimate of drug-likeness (QED) is 0.481. The zero-order chi connectivity index (χ0) is 20.7. The molecule has 0 saturated carbocycles. The third kappa shape index (κ3) is 6.28. The normalized spacial score (nSPS) is 11.3. The van der Waals surface area contributed by atoms with E-state index >= 15 is 0 Å². The Hall–Kier alpha value is -2.51. The van der Waals surface area contributed by atoms with Gasteiger partial charge in [0.2, 0.25) is 0 Å². The maximum absolute atomic E-state index is 12.2. The molecular weight excluding hydrogens is 398 g/mol. The fourth-order valence-electron chi connectivity index (χ4n) is 2.48. The summed E-state index contributed by atoms with van der Waals surface area (Å²) in [5.41, 5.74) is 7.87. The Balaban J connectivity index is 1.84. The van der Waals surface area contributed by atoms with Crippen LogP contribution in [0, 0.1) is 13.8 Å². The van der Waals surface area contributed by atoms with Gasteiger partial charge in [-0.15, -0.1) is 0 Å². The lowest BCUT2D eigenvalue weighted by Crippen LogP contribution is -2.48. The first-order valence-electron chi connectivity index (χ1n) is 8.83. The van der Waals surface area contributed by atoms with E-state index in [0.717, 1.165) is 16.9 Å². The van der Waals surface area contributed by atoms with Crippen molar-refractivity contribution in [3.63, 3.8) is 0 Å². The number of hydrogen-bond donors (Lipinski definition) is 3. The number of rotatable bonds is 6. The van der Waals surface area contributed by atoms with Crippen LogP contribution in [0.2, 0.25) is 5.02 Å². The van der Waals surface area contributed by atoms with Crippen LogP contribution >= 0.6 is 23.8 Å². The second-order valence-corrected chi connectivity index (χ2v) is 6.99. The summed E-state index contributed by atoms with van der Waals surface area (Å²) in [6.45, 7) is 8.04. The molecule has 0 aliphatic carbocycles. The van der Waals surface area contributed by atoms with Crippen molar-refractivity contribution in [3.8, 4) is 11.5 Å². The molecule has 2 rings (SSSR count). The first kappa shape index (κ1) is 21.8. The van der Waals surface area contributed by atoms with E-state index < -0.39 is 6.10 Å². The molecule has 0 aromatic heterocycles. The third-order valence-electron chi connectivity index (χ3n) is 3.79. The highest BCUT2D eigenvalue weighted by Crippen LogP contribution is 2.27. The monoisotopic (exact) mass is 421 g/mol. The standard InChI is InChI=1S/C20H24ClN3O3S/c1-5-26-15-6-8-16(9-7-15)27-14(4)19(25)23-24-20(28)22-18-13(3)10-12(2)11-17(18)21/h6-11,14H,5H2,1-4H3,(H,23,25)(H2,22,24,28)/t14-/m1/s1. The minimum Gasteiger partial charge on any atom is -0.494 e. The number of hydrogen-bond acceptors (Lipinski definition) is 4. The molecule has 0 aliphatic heterocycles. The summed E-state index contributed by atoms with van der Waals surface area (Å²) in [6.07, 6.45) is -0.724. The van der Waals surface area contributed by atoms with Crippen molar-refractivity contribution in [2.45, 2.75) is 33.8 Å². The fourth-order valence-corrected chi connectivity index (χ4v) is 3.00. The van der Waals surface area contributed by atoms with E-state index in [1.165, 1.54) is 0 Å². The molecule has 0 fully saturated rings. The van der Waals surface area contributed by atoms with E-state index in [1.54, 1.807) is 31.2 Å². The molecule has 8 heteroatoms. The molecule has 28 heavy (non-hydrogen) atoms. The average molecular weight is 422 g/mol. The number of thiocarbonyl (C=S) groups is 1. The van der Waals surface area contributed by atoms with E-state index in [1.807, 2.05) is 32.9 Å². The number of ether oxygens (including phenoxy) is 2. The lowest BCUT2D eigenvalue weighted by Gasteiger charge is -2.18. The zero-order valence-corrected chi connectivity index (χ0v) is 17.8. The largest absolute Gasteiger partial charge is 0.494 e. The summed E-state index contributed by atoms with van der Waals surface area (Å²) in [7, 11) is 0. The lowest BCUT2D eigenvalue weighted by atomic mass is 10.1. The summed E-state index contributed by atoms with van der Waals surface area (Å²) >= 11 is 11.5. The number of anilines is 1. The number of carbonyl (C=O) groups excluding carboxylic acids is 1. The number of benzene rings is 2. The smallest absolute Gasteiger partial charge is 0.279 e. The van der Waals surface area contributed by atoms with Crippen molar-refractivity contribution in [1.82, 2.24) is 10.9 Å². The minimum atomic E-state index is -0.724. The van der Waals surface area contributed by atoms with Crippen LogP contribution in [0.15, 0.2) is 36.4 Å². The van der Waals surface area contributed by atoms with Gasteiger partial charge in [-0.05, 0) is 81.4 Å². The van der Waals surface area contributed by atoms with Crippen molar-refractivity contribution >= 4 is 40.5 Å². The van der Waals surface area contributed by atoms with Crippen LogP contribution in [0.1, 0.15) is 25.0 Å². The average Bonchev–Trinajstić information content (AvgIpc) is 2.64. The Morgan fingerprint density at radius 1 is 1.14 bits per heavy atom. The van der Waals surface area contributed by atoms with Crippen LogP contribution in [0.25, 0.3) is 0 Å². The predicted molar refractivity (Wildman–Crippen MR) is 116 cm³/mol. The van der Waals surface area contributed by atoms with Gasteiger partial charge in [0.25, 0.3) is 5.91 Å². The summed E-state index contributed by atoms with van der Waals surface area (Å²) in [5, 5.41) is 3.76. The summed E-state index contributed by atoms with van der Waals surface area (Å²) in [4.78, 5) is 12.2. The van der Waals surface area contributed by atoms with E-state index in [0.29, 0.717) is 23.1 Å². The van der Waals surface area contributed by atoms with Crippen molar-refractivity contribution in [1.29, 1.82) is 0 Å². The third-order valence-corrected chi connectivity index (χ3v) is 4.29. The maximum Gasteiger partial charge on any atom is 0.279 e. The predicted octanol–water partition coefficient (Wildman–Crippen LogP) is 4.14. The number of hydrazine groups is 1. The molecule has 0 aliphatic rings. The van der Waals surface area contributed by atoms with Gasteiger partial charge in [0.15, 0.2) is 11.2 Å². The van der Waals surface area contributed by atoms with Crippen LogP contribution < -0.4 is 25.6 Å². The summed E-state index contributed by atoms with van der Waals surface area (Å²) in [5.74, 6) is 0.939. The van der Waals surface area contributed by atoms with Gasteiger partial charge in [-0.2, -0.15) is 0 Å². The second-order valence-electron chi connectivity index (χ2n) is 6.17. The first-order valence-corrected chi connectivity index (χ1v) is 9.62. The van der Waals surface area contributed by atoms with Crippen molar-refractivity contribution < 1.29 is 14.3 Å². The van der Waals surface area contributed by atoms with Gasteiger partial charge < -0.3 is 14.8 Å². The molecule has 0 saturated heterocycles. The molecule has 3 N–H and O–H groups in total. The molecule has 1 atom stereocenters. The van der Waals surface area contributed by atoms with Gasteiger partial charge in [0.1, 0.15) is 11.5 Å². The molecule has 6 nitrogen and oxygen atoms in total. The van der Waals surface area contributed by atoms with E-state index in [4.69, 9.17) is 33.3 Å². The van der Waals surface area contributed by atoms with Crippen molar-refractivity contribution in [2.75, 3.05) is 11.9 Å². The van der Waals surface area contributed by atoms with Gasteiger partial charge in [-0.1, -0.05) is 17.7 Å². The highest BCUT2D eigenvalue weighted by molar-refractivity contribution is 7.80. The van der Waals surface area contributed by atoms with Crippen LogP contribution in [0.3, 0.4) is 0 Å². The van der Waals surface area contributed by atoms with E-state index in [2.05, 4.69) is 16.2 Å². The van der Waals surface area contributed by atoms with E-state index in [-0.39, 0.29) is 11.0 Å². The van der Waals surface area contributed by atoms with Gasteiger partial charge in [-0.25, -0.2) is 0 Å². The molecule has 150 valence electrons. The van der Waals surface area contributed by atoms with E-state index in [9.17, 15) is 4.79 Å². The SMILES string of the molecule is CCOc1ccc(O[C@H](C)C(=O)NNC(=S)Nc2c(C)cc(C)cc2Cl)cc1. The Morgan fingerprint density at radius 2 is 1.79 bits per heavy atom. The van der Waals surface area contributed by atoms with Crippen LogP contribution in [0.4, 0.5) is 5.69 Å². The van der Waals surface area contributed by atoms with Crippen LogP contribution in [-0.2, 0) is 4.79 Å². The number of nitrogens with one attached hydrogen (secondary N) is 3. The molecule has 0 unspecified atom stereocenters. The number of carbonyl (C=O) groups is 1. The molecular formula is C20H24ClN3O3S. The van der Waals surface area contributed by atoms with Gasteiger partial charge >= 0.3 is 0 Å². The van der Waals surface area contributed by atoms with Crippen molar-refractivity contribution in [3.05, 3.63) is 52.5 Å². The van der Waals surface area contributed by atoms with Gasteiger partial charge in [0, 0.05) is 0 Å². The van der Waals surface area contributed by atoms with Gasteiger partial charge in [-0.3, -0.25) is 15.6 Å². The maximum atomic E-state index is 12.2. The summed E-state index contributed by atoms with van der Waals surface area (Å²) in [6, 6.07) is 10.9. The molecule has 0 radical (unpaired) electrons. The highest BCUT2D eigenvalue weighted by Gasteiger charge is 2.15. The minimum absolute atomic E-state index is 0.218. The lowest BCUT2D eigenvalue weighted by molar-refractivity contribution is -0.127. The van der Waals surface area contributed by atoms with Crippen molar-refractivity contribution in [2.24, 2.45) is 0 Å². The Kier molecular flexibility index (Phi) is 7.90. The molecule has 2 aromatic carbocycles. The Bertz CT molecular complexity index is 820. The number of aryl methyl sites for hydroxylation is 2. The molecule has 0 heterocycles. The van der Waals surface area contributed by atoms with Crippen LogP contribution in [-0.4, -0.2) is 23.7 Å². The Labute approximate surface area is 175 Å². The Morgan fingerprint density at radius 3 is 2.39 bits per heavy atom. The molecule has 2 aromatic rings. The topological polar surface area (TPSA) is 71.6 Å². The molecule has 1 amide bonds. The number of halogens is 1. The number of amides is 1.